The largest absolute Gasteiger partial charge is 0.463 e. The van der Waals surface area contributed by atoms with E-state index in [-0.39, 0.29) is 5.56 Å². The number of ether oxygens (including phenoxy) is 2. The number of carbonyl (C=O) groups excluding carboxylic acids is 2. The fraction of sp³-hybridized carbons (Fsp3) is 0.111. The summed E-state index contributed by atoms with van der Waals surface area (Å²) in [5, 5.41) is 0. The molecule has 2 rings (SSSR count). The summed E-state index contributed by atoms with van der Waals surface area (Å²) < 4.78 is 10.1. The van der Waals surface area contributed by atoms with Gasteiger partial charge in [-0.2, -0.15) is 0 Å². The maximum Gasteiger partial charge on any atom is 0.343 e. The van der Waals surface area contributed by atoms with Crippen LogP contribution in [0.5, 0.6) is 5.75 Å². The van der Waals surface area contributed by atoms with Crippen LogP contribution in [0.25, 0.3) is 6.08 Å². The van der Waals surface area contributed by atoms with Crippen LogP contribution in [0.4, 0.5) is 11.4 Å². The molecule has 0 fully saturated rings. The zero-order valence-corrected chi connectivity index (χ0v) is 13.2. The molecule has 0 bridgehead atoms. The third-order valence-electron chi connectivity index (χ3n) is 3.00. The van der Waals surface area contributed by atoms with Crippen molar-refractivity contribution in [3.05, 3.63) is 59.7 Å². The molecule has 0 radical (unpaired) electrons. The monoisotopic (exact) mass is 326 g/mol. The van der Waals surface area contributed by atoms with Crippen LogP contribution in [-0.4, -0.2) is 18.5 Å². The van der Waals surface area contributed by atoms with Gasteiger partial charge in [0, 0.05) is 17.5 Å². The molecule has 2 aromatic rings. The first-order chi connectivity index (χ1) is 11.5. The second-order valence-corrected chi connectivity index (χ2v) is 4.93. The molecule has 0 aliphatic rings. The number of rotatable bonds is 5. The standard InChI is InChI=1S/C18H18N2O4/c1-2-23-17(21)8-5-12-3-6-16(7-4-12)24-18(22)13-9-14(19)11-15(20)10-13/h3-11H,2,19-20H2,1H3/b8-5+. The molecule has 6 heteroatoms. The van der Waals surface area contributed by atoms with E-state index in [0.29, 0.717) is 23.7 Å². The zero-order valence-electron chi connectivity index (χ0n) is 13.2. The summed E-state index contributed by atoms with van der Waals surface area (Å²) in [6.07, 6.45) is 2.95. The fourth-order valence-electron chi connectivity index (χ4n) is 1.96. The SMILES string of the molecule is CCOC(=O)/C=C/c1ccc(OC(=O)c2cc(N)cc(N)c2)cc1. The van der Waals surface area contributed by atoms with Crippen molar-refractivity contribution in [3.63, 3.8) is 0 Å². The molecule has 0 spiro atoms. The molecular formula is C18H18N2O4. The summed E-state index contributed by atoms with van der Waals surface area (Å²) in [6.45, 7) is 2.06. The van der Waals surface area contributed by atoms with Crippen LogP contribution in [0.15, 0.2) is 48.5 Å². The molecule has 24 heavy (non-hydrogen) atoms. The third-order valence-corrected chi connectivity index (χ3v) is 3.00. The van der Waals surface area contributed by atoms with E-state index in [9.17, 15) is 9.59 Å². The van der Waals surface area contributed by atoms with E-state index in [1.54, 1.807) is 43.3 Å². The van der Waals surface area contributed by atoms with Gasteiger partial charge in [-0.15, -0.1) is 0 Å². The summed E-state index contributed by atoms with van der Waals surface area (Å²) in [7, 11) is 0. The van der Waals surface area contributed by atoms with Gasteiger partial charge in [-0.1, -0.05) is 12.1 Å². The van der Waals surface area contributed by atoms with Gasteiger partial charge in [-0.25, -0.2) is 9.59 Å². The molecule has 0 saturated carbocycles. The molecule has 0 heterocycles. The molecule has 0 aliphatic carbocycles. The Kier molecular flexibility index (Phi) is 5.57. The lowest BCUT2D eigenvalue weighted by molar-refractivity contribution is -0.137. The first-order valence-corrected chi connectivity index (χ1v) is 7.31. The predicted octanol–water partition coefficient (Wildman–Crippen LogP) is 2.65. The van der Waals surface area contributed by atoms with Gasteiger partial charge in [-0.05, 0) is 48.9 Å². The second kappa shape index (κ2) is 7.82. The topological polar surface area (TPSA) is 105 Å². The van der Waals surface area contributed by atoms with Crippen LogP contribution in [-0.2, 0) is 9.53 Å². The fourth-order valence-corrected chi connectivity index (χ4v) is 1.96. The van der Waals surface area contributed by atoms with Crippen molar-refractivity contribution < 1.29 is 19.1 Å². The molecule has 0 unspecified atom stereocenters. The number of anilines is 2. The number of nitrogens with two attached hydrogens (primary N) is 2. The Hall–Kier alpha value is -3.28. The summed E-state index contributed by atoms with van der Waals surface area (Å²) in [6, 6.07) is 11.2. The minimum Gasteiger partial charge on any atom is -0.463 e. The van der Waals surface area contributed by atoms with Crippen molar-refractivity contribution in [1.29, 1.82) is 0 Å². The van der Waals surface area contributed by atoms with Crippen LogP contribution < -0.4 is 16.2 Å². The Bertz CT molecular complexity index is 747. The summed E-state index contributed by atoms with van der Waals surface area (Å²) in [5.74, 6) is -0.592. The maximum atomic E-state index is 12.1. The number of hydrogen-bond acceptors (Lipinski definition) is 6. The van der Waals surface area contributed by atoms with Gasteiger partial charge in [-0.3, -0.25) is 0 Å². The van der Waals surface area contributed by atoms with Gasteiger partial charge in [0.1, 0.15) is 5.75 Å². The average Bonchev–Trinajstić information content (AvgIpc) is 2.53. The first kappa shape index (κ1) is 17.1. The van der Waals surface area contributed by atoms with Crippen molar-refractivity contribution >= 4 is 29.4 Å². The van der Waals surface area contributed by atoms with E-state index in [2.05, 4.69) is 0 Å². The van der Waals surface area contributed by atoms with Crippen LogP contribution in [0, 0.1) is 0 Å². The molecule has 2 aromatic carbocycles. The van der Waals surface area contributed by atoms with Crippen LogP contribution in [0.2, 0.25) is 0 Å². The summed E-state index contributed by atoms with van der Waals surface area (Å²) in [5.41, 5.74) is 13.1. The Morgan fingerprint density at radius 2 is 1.67 bits per heavy atom. The minimum atomic E-state index is -0.552. The third kappa shape index (κ3) is 4.88. The van der Waals surface area contributed by atoms with Gasteiger partial charge in [0.25, 0.3) is 0 Å². The van der Waals surface area contributed by atoms with Gasteiger partial charge in [0.15, 0.2) is 0 Å². The normalized spacial score (nSPS) is 10.5. The van der Waals surface area contributed by atoms with E-state index >= 15 is 0 Å². The molecule has 0 aromatic heterocycles. The van der Waals surface area contributed by atoms with E-state index in [0.717, 1.165) is 5.56 Å². The summed E-state index contributed by atoms with van der Waals surface area (Å²) >= 11 is 0. The Balaban J connectivity index is 2.03. The molecule has 0 amide bonds. The van der Waals surface area contributed by atoms with Crippen molar-refractivity contribution in [1.82, 2.24) is 0 Å². The first-order valence-electron chi connectivity index (χ1n) is 7.31. The highest BCUT2D eigenvalue weighted by molar-refractivity contribution is 5.93. The van der Waals surface area contributed by atoms with Crippen molar-refractivity contribution in [3.8, 4) is 5.75 Å². The number of carbonyl (C=O) groups is 2. The van der Waals surface area contributed by atoms with Gasteiger partial charge in [0.2, 0.25) is 0 Å². The van der Waals surface area contributed by atoms with Crippen LogP contribution in [0.1, 0.15) is 22.8 Å². The molecule has 124 valence electrons. The quantitative estimate of drug-likeness (QED) is 0.379. The maximum absolute atomic E-state index is 12.1. The molecular weight excluding hydrogens is 308 g/mol. The number of benzene rings is 2. The molecule has 4 N–H and O–H groups in total. The lowest BCUT2D eigenvalue weighted by Gasteiger charge is -2.06. The molecule has 0 saturated heterocycles. The number of nitrogen functional groups attached to an aromatic ring is 2. The number of esters is 2. The smallest absolute Gasteiger partial charge is 0.343 e. The number of hydrogen-bond donors (Lipinski definition) is 2. The van der Waals surface area contributed by atoms with Crippen molar-refractivity contribution in [2.75, 3.05) is 18.1 Å². The van der Waals surface area contributed by atoms with Crippen LogP contribution in [0.3, 0.4) is 0 Å². The molecule has 6 nitrogen and oxygen atoms in total. The van der Waals surface area contributed by atoms with Gasteiger partial charge < -0.3 is 20.9 Å². The highest BCUT2D eigenvalue weighted by atomic mass is 16.5. The molecule has 0 aliphatic heterocycles. The lowest BCUT2D eigenvalue weighted by atomic mass is 10.1. The van der Waals surface area contributed by atoms with Gasteiger partial charge >= 0.3 is 11.9 Å². The van der Waals surface area contributed by atoms with E-state index < -0.39 is 11.9 Å². The summed E-state index contributed by atoms with van der Waals surface area (Å²) in [4.78, 5) is 23.3. The van der Waals surface area contributed by atoms with Crippen LogP contribution >= 0.6 is 0 Å². The van der Waals surface area contributed by atoms with E-state index in [4.69, 9.17) is 20.9 Å². The van der Waals surface area contributed by atoms with Crippen molar-refractivity contribution in [2.45, 2.75) is 6.92 Å². The Labute approximate surface area is 139 Å². The average molecular weight is 326 g/mol. The molecule has 0 atom stereocenters. The van der Waals surface area contributed by atoms with Crippen molar-refractivity contribution in [2.24, 2.45) is 0 Å². The zero-order chi connectivity index (χ0) is 17.5. The lowest BCUT2D eigenvalue weighted by Crippen LogP contribution is -2.09. The van der Waals surface area contributed by atoms with E-state index in [1.165, 1.54) is 18.2 Å². The van der Waals surface area contributed by atoms with E-state index in [1.807, 2.05) is 0 Å². The second-order valence-electron chi connectivity index (χ2n) is 4.93. The highest BCUT2D eigenvalue weighted by Crippen LogP contribution is 2.18. The minimum absolute atomic E-state index is 0.277. The van der Waals surface area contributed by atoms with Gasteiger partial charge in [0.05, 0.1) is 12.2 Å². The predicted molar refractivity (Wildman–Crippen MR) is 92.3 cm³/mol. The Morgan fingerprint density at radius 3 is 2.25 bits per heavy atom. The highest BCUT2D eigenvalue weighted by Gasteiger charge is 2.10. The Morgan fingerprint density at radius 1 is 1.04 bits per heavy atom.